The van der Waals surface area contributed by atoms with Crippen LogP contribution in [0.15, 0.2) is 45.5 Å². The largest absolute Gasteiger partial charge is 0.337 e. The van der Waals surface area contributed by atoms with Gasteiger partial charge in [-0.1, -0.05) is 23.2 Å². The average Bonchev–Trinajstić information content (AvgIpc) is 2.72. The summed E-state index contributed by atoms with van der Waals surface area (Å²) < 4.78 is 0. The first-order valence-electron chi connectivity index (χ1n) is 9.92. The second-order valence-corrected chi connectivity index (χ2v) is 8.49. The first-order valence-corrected chi connectivity index (χ1v) is 10.7. The Kier molecular flexibility index (Phi) is 5.97. The van der Waals surface area contributed by atoms with E-state index in [9.17, 15) is 4.79 Å². The third kappa shape index (κ3) is 3.90. The van der Waals surface area contributed by atoms with Gasteiger partial charge in [-0.15, -0.1) is 0 Å². The first kappa shape index (κ1) is 21.1. The van der Waals surface area contributed by atoms with Crippen LogP contribution in [0.25, 0.3) is 5.70 Å². The van der Waals surface area contributed by atoms with Crippen LogP contribution in [-0.4, -0.2) is 59.6 Å². The lowest BCUT2D eigenvalue weighted by Crippen LogP contribution is -2.47. The SMILES string of the molecule is CC1=NC2=NCC(C(=O)N3CCC[C@@H](N)C3)=CN2C(c2ccc(Cl)cc2Cl)=C1CN. The van der Waals surface area contributed by atoms with Crippen molar-refractivity contribution in [1.82, 2.24) is 9.80 Å². The van der Waals surface area contributed by atoms with Crippen molar-refractivity contribution in [2.75, 3.05) is 26.2 Å². The molecule has 4 N–H and O–H groups in total. The van der Waals surface area contributed by atoms with Crippen molar-refractivity contribution in [3.63, 3.8) is 0 Å². The van der Waals surface area contributed by atoms with Gasteiger partial charge < -0.3 is 16.4 Å². The van der Waals surface area contributed by atoms with Gasteiger partial charge in [0.2, 0.25) is 5.96 Å². The minimum atomic E-state index is -0.0462. The van der Waals surface area contributed by atoms with Crippen LogP contribution >= 0.6 is 23.2 Å². The molecule has 0 bridgehead atoms. The van der Waals surface area contributed by atoms with Gasteiger partial charge in [-0.05, 0) is 38.0 Å². The lowest BCUT2D eigenvalue weighted by atomic mass is 9.99. The molecule has 0 unspecified atom stereocenters. The van der Waals surface area contributed by atoms with E-state index in [4.69, 9.17) is 34.7 Å². The number of nitrogens with two attached hydrogens (primary N) is 2. The Labute approximate surface area is 185 Å². The number of carbonyl (C=O) groups is 1. The fraction of sp³-hybridized carbons (Fsp3) is 0.381. The lowest BCUT2D eigenvalue weighted by Gasteiger charge is -2.35. The quantitative estimate of drug-likeness (QED) is 0.744. The molecule has 0 aliphatic carbocycles. The molecule has 4 rings (SSSR count). The summed E-state index contributed by atoms with van der Waals surface area (Å²) in [6, 6.07) is 5.32. The molecular formula is C21H24Cl2N6O. The molecule has 1 atom stereocenters. The number of carbonyl (C=O) groups excluding carboxylic acids is 1. The van der Waals surface area contributed by atoms with Crippen molar-refractivity contribution in [3.05, 3.63) is 51.2 Å². The van der Waals surface area contributed by atoms with E-state index >= 15 is 0 Å². The van der Waals surface area contributed by atoms with Gasteiger partial charge in [0.25, 0.3) is 5.91 Å². The number of hydrogen-bond acceptors (Lipinski definition) is 6. The number of piperidine rings is 1. The number of rotatable bonds is 3. The minimum Gasteiger partial charge on any atom is -0.337 e. The molecule has 3 aliphatic heterocycles. The molecule has 1 aromatic carbocycles. The molecule has 3 heterocycles. The van der Waals surface area contributed by atoms with E-state index in [2.05, 4.69) is 9.98 Å². The highest BCUT2D eigenvalue weighted by Gasteiger charge is 2.32. The molecular weight excluding hydrogens is 423 g/mol. The van der Waals surface area contributed by atoms with Crippen LogP contribution in [0.2, 0.25) is 10.0 Å². The monoisotopic (exact) mass is 446 g/mol. The van der Waals surface area contributed by atoms with Gasteiger partial charge in [-0.3, -0.25) is 9.69 Å². The zero-order valence-electron chi connectivity index (χ0n) is 16.7. The summed E-state index contributed by atoms with van der Waals surface area (Å²) >= 11 is 12.6. The Bertz CT molecular complexity index is 1010. The molecule has 1 amide bonds. The second-order valence-electron chi connectivity index (χ2n) is 7.65. The molecule has 30 heavy (non-hydrogen) atoms. The maximum atomic E-state index is 13.1. The standard InChI is InChI=1S/C21H24Cl2N6O/c1-12-17(8-24)19(16-5-4-14(22)7-18(16)23)29-10-13(9-26-21(29)27-12)20(30)28-6-2-3-15(25)11-28/h4-5,7,10,15H,2-3,6,8-9,11,24-25H2,1H3/t15-/m1/s1. The van der Waals surface area contributed by atoms with Crippen LogP contribution in [-0.2, 0) is 4.79 Å². The van der Waals surface area contributed by atoms with Gasteiger partial charge in [-0.2, -0.15) is 0 Å². The summed E-state index contributed by atoms with van der Waals surface area (Å²) in [5.41, 5.74) is 15.9. The summed E-state index contributed by atoms with van der Waals surface area (Å²) in [4.78, 5) is 25.9. The smallest absolute Gasteiger partial charge is 0.253 e. The highest BCUT2D eigenvalue weighted by atomic mass is 35.5. The Morgan fingerprint density at radius 1 is 1.33 bits per heavy atom. The van der Waals surface area contributed by atoms with Crippen molar-refractivity contribution < 1.29 is 4.79 Å². The number of benzene rings is 1. The van der Waals surface area contributed by atoms with Crippen molar-refractivity contribution in [2.45, 2.75) is 25.8 Å². The van der Waals surface area contributed by atoms with Gasteiger partial charge in [-0.25, -0.2) is 9.98 Å². The van der Waals surface area contributed by atoms with Crippen LogP contribution in [0.3, 0.4) is 0 Å². The van der Waals surface area contributed by atoms with Gasteiger partial charge in [0, 0.05) is 53.7 Å². The van der Waals surface area contributed by atoms with Gasteiger partial charge in [0.1, 0.15) is 0 Å². The number of hydrogen-bond donors (Lipinski definition) is 2. The molecule has 1 fully saturated rings. The second kappa shape index (κ2) is 8.51. The highest BCUT2D eigenvalue weighted by molar-refractivity contribution is 6.36. The normalized spacial score (nSPS) is 21.8. The minimum absolute atomic E-state index is 0.0142. The number of guanidine groups is 1. The Morgan fingerprint density at radius 3 is 2.83 bits per heavy atom. The fourth-order valence-electron chi connectivity index (χ4n) is 4.01. The zero-order chi connectivity index (χ0) is 21.4. The molecule has 7 nitrogen and oxygen atoms in total. The molecule has 1 saturated heterocycles. The fourth-order valence-corrected chi connectivity index (χ4v) is 4.51. The van der Waals surface area contributed by atoms with Crippen molar-refractivity contribution in [1.29, 1.82) is 0 Å². The number of halogens is 2. The number of aliphatic imine (C=N–C) groups is 2. The van der Waals surface area contributed by atoms with Crippen LogP contribution in [0.5, 0.6) is 0 Å². The summed E-state index contributed by atoms with van der Waals surface area (Å²) in [7, 11) is 0. The highest BCUT2D eigenvalue weighted by Crippen LogP contribution is 2.36. The van der Waals surface area contributed by atoms with Crippen LogP contribution in [0.1, 0.15) is 25.3 Å². The lowest BCUT2D eigenvalue weighted by molar-refractivity contribution is -0.128. The van der Waals surface area contributed by atoms with E-state index in [-0.39, 0.29) is 25.0 Å². The molecule has 3 aliphatic rings. The van der Waals surface area contributed by atoms with E-state index in [1.807, 2.05) is 22.8 Å². The first-order chi connectivity index (χ1) is 14.4. The molecule has 0 saturated carbocycles. The molecule has 0 radical (unpaired) electrons. The Morgan fingerprint density at radius 2 is 2.13 bits per heavy atom. The molecule has 0 aromatic heterocycles. The van der Waals surface area contributed by atoms with Gasteiger partial charge in [0.05, 0.1) is 22.8 Å². The van der Waals surface area contributed by atoms with Gasteiger partial charge >= 0.3 is 0 Å². The van der Waals surface area contributed by atoms with E-state index in [0.717, 1.165) is 35.4 Å². The molecule has 1 aromatic rings. The third-order valence-corrected chi connectivity index (χ3v) is 6.08. The maximum Gasteiger partial charge on any atom is 0.253 e. The zero-order valence-corrected chi connectivity index (χ0v) is 18.2. The maximum absolute atomic E-state index is 13.1. The van der Waals surface area contributed by atoms with E-state index in [1.165, 1.54) is 0 Å². The molecule has 9 heteroatoms. The van der Waals surface area contributed by atoms with Crippen LogP contribution < -0.4 is 11.5 Å². The molecule has 158 valence electrons. The van der Waals surface area contributed by atoms with Gasteiger partial charge in [0.15, 0.2) is 0 Å². The number of amides is 1. The van der Waals surface area contributed by atoms with E-state index in [1.54, 1.807) is 18.3 Å². The average molecular weight is 447 g/mol. The van der Waals surface area contributed by atoms with E-state index < -0.39 is 0 Å². The topological polar surface area (TPSA) is 100 Å². The summed E-state index contributed by atoms with van der Waals surface area (Å²) in [5, 5.41) is 1.03. The summed E-state index contributed by atoms with van der Waals surface area (Å²) in [6.07, 6.45) is 3.65. The van der Waals surface area contributed by atoms with Crippen LogP contribution in [0, 0.1) is 0 Å². The summed E-state index contributed by atoms with van der Waals surface area (Å²) in [5.74, 6) is 0.465. The number of nitrogens with zero attached hydrogens (tertiary/aromatic N) is 4. The van der Waals surface area contributed by atoms with Crippen LogP contribution in [0.4, 0.5) is 0 Å². The van der Waals surface area contributed by atoms with Crippen molar-refractivity contribution in [3.8, 4) is 0 Å². The number of fused-ring (bicyclic) bond motifs is 1. The summed E-state index contributed by atoms with van der Waals surface area (Å²) in [6.45, 7) is 3.70. The predicted molar refractivity (Wildman–Crippen MR) is 122 cm³/mol. The molecule has 0 spiro atoms. The predicted octanol–water partition coefficient (Wildman–Crippen LogP) is 2.64. The van der Waals surface area contributed by atoms with Crippen molar-refractivity contribution in [2.24, 2.45) is 21.5 Å². The Hall–Kier alpha value is -2.19. The Balaban J connectivity index is 1.76. The van der Waals surface area contributed by atoms with Crippen molar-refractivity contribution >= 4 is 46.5 Å². The van der Waals surface area contributed by atoms with E-state index in [0.29, 0.717) is 34.7 Å². The number of likely N-dealkylation sites (tertiary alicyclic amines) is 1. The third-order valence-electron chi connectivity index (χ3n) is 5.53.